The Morgan fingerprint density at radius 1 is 1.24 bits per heavy atom. The third kappa shape index (κ3) is 4.76. The fourth-order valence-corrected chi connectivity index (χ4v) is 1.23. The molecule has 0 bridgehead atoms. The van der Waals surface area contributed by atoms with Crippen LogP contribution in [-0.4, -0.2) is 14.8 Å². The molecule has 0 radical (unpaired) electrons. The molecule has 0 aliphatic carbocycles. The van der Waals surface area contributed by atoms with Crippen LogP contribution >= 0.6 is 0 Å². The summed E-state index contributed by atoms with van der Waals surface area (Å²) in [5.41, 5.74) is 4.73. The summed E-state index contributed by atoms with van der Waals surface area (Å²) < 4.78 is 75.1. The summed E-state index contributed by atoms with van der Waals surface area (Å²) in [5.74, 6) is -1.58. The van der Waals surface area contributed by atoms with Crippen LogP contribution in [0.4, 0.5) is 22.7 Å². The fraction of sp³-hybridized carbons (Fsp3) is 0.143. The molecule has 0 atom stereocenters. The van der Waals surface area contributed by atoms with E-state index in [4.69, 9.17) is 5.73 Å². The van der Waals surface area contributed by atoms with Crippen LogP contribution in [0.25, 0.3) is 0 Å². The summed E-state index contributed by atoms with van der Waals surface area (Å²) >= 11 is 0. The van der Waals surface area contributed by atoms with Gasteiger partial charge in [-0.2, -0.15) is 8.42 Å². The Balaban J connectivity index is 3.03. The lowest BCUT2D eigenvalue weighted by molar-refractivity contribution is -0.274. The lowest BCUT2D eigenvalue weighted by atomic mass is 10.3. The standard InChI is InChI=1S/C7H5F4NO4S/c8-7(9,10)15-6-3-4(1-2-5(6)12)16-17(11,13)14/h1-3H,12H2. The second-order valence-corrected chi connectivity index (χ2v) is 3.68. The monoisotopic (exact) mass is 275 g/mol. The first-order valence-electron chi connectivity index (χ1n) is 3.86. The minimum Gasteiger partial charge on any atom is -0.403 e. The molecular weight excluding hydrogens is 270 g/mol. The molecule has 0 aliphatic rings. The summed E-state index contributed by atoms with van der Waals surface area (Å²) in [4.78, 5) is 0. The van der Waals surface area contributed by atoms with Crippen molar-refractivity contribution in [2.75, 3.05) is 5.73 Å². The Labute approximate surface area is 93.2 Å². The van der Waals surface area contributed by atoms with Gasteiger partial charge in [-0.15, -0.1) is 13.2 Å². The molecule has 0 saturated heterocycles. The number of hydrogen-bond donors (Lipinski definition) is 1. The molecule has 0 saturated carbocycles. The first-order valence-corrected chi connectivity index (χ1v) is 5.17. The van der Waals surface area contributed by atoms with E-state index in [-0.39, 0.29) is 0 Å². The number of benzene rings is 1. The van der Waals surface area contributed by atoms with E-state index in [0.29, 0.717) is 6.07 Å². The number of nitrogens with two attached hydrogens (primary N) is 1. The Morgan fingerprint density at radius 2 is 1.82 bits per heavy atom. The van der Waals surface area contributed by atoms with Crippen molar-refractivity contribution < 1.29 is 34.4 Å². The van der Waals surface area contributed by atoms with E-state index in [1.165, 1.54) is 0 Å². The Hall–Kier alpha value is -1.71. The molecule has 0 amide bonds. The quantitative estimate of drug-likeness (QED) is 0.516. The van der Waals surface area contributed by atoms with Crippen molar-refractivity contribution in [1.29, 1.82) is 0 Å². The van der Waals surface area contributed by atoms with E-state index in [9.17, 15) is 25.5 Å². The van der Waals surface area contributed by atoms with Crippen molar-refractivity contribution in [2.24, 2.45) is 0 Å². The molecule has 17 heavy (non-hydrogen) atoms. The zero-order valence-corrected chi connectivity index (χ0v) is 8.68. The maximum atomic E-state index is 12.1. The van der Waals surface area contributed by atoms with Gasteiger partial charge in [-0.25, -0.2) is 0 Å². The lowest BCUT2D eigenvalue weighted by Crippen LogP contribution is -2.18. The second-order valence-electron chi connectivity index (χ2n) is 2.72. The van der Waals surface area contributed by atoms with E-state index in [1.807, 2.05) is 0 Å². The van der Waals surface area contributed by atoms with Gasteiger partial charge in [-0.1, -0.05) is 3.89 Å². The maximum absolute atomic E-state index is 12.1. The van der Waals surface area contributed by atoms with Crippen molar-refractivity contribution in [3.05, 3.63) is 18.2 Å². The summed E-state index contributed by atoms with van der Waals surface area (Å²) in [7, 11) is -5.33. The highest BCUT2D eigenvalue weighted by Crippen LogP contribution is 2.32. The smallest absolute Gasteiger partial charge is 0.403 e. The van der Waals surface area contributed by atoms with Crippen molar-refractivity contribution in [1.82, 2.24) is 0 Å². The van der Waals surface area contributed by atoms with Crippen LogP contribution in [0.5, 0.6) is 11.5 Å². The number of anilines is 1. The summed E-state index contributed by atoms with van der Waals surface area (Å²) in [6.07, 6.45) is -5.01. The van der Waals surface area contributed by atoms with Crippen LogP contribution in [0.2, 0.25) is 0 Å². The lowest BCUT2D eigenvalue weighted by Gasteiger charge is -2.11. The Kier molecular flexibility index (Phi) is 3.36. The zero-order valence-electron chi connectivity index (χ0n) is 7.86. The number of halogens is 4. The van der Waals surface area contributed by atoms with E-state index < -0.39 is 34.1 Å². The van der Waals surface area contributed by atoms with E-state index in [0.717, 1.165) is 12.1 Å². The van der Waals surface area contributed by atoms with Crippen LogP contribution in [0.1, 0.15) is 0 Å². The van der Waals surface area contributed by atoms with Gasteiger partial charge in [0.05, 0.1) is 5.69 Å². The first-order chi connectivity index (χ1) is 7.57. The predicted octanol–water partition coefficient (Wildman–Crippen LogP) is 1.76. The van der Waals surface area contributed by atoms with Gasteiger partial charge in [0.25, 0.3) is 0 Å². The maximum Gasteiger partial charge on any atom is 0.573 e. The zero-order chi connectivity index (χ0) is 13.3. The average Bonchev–Trinajstić information content (AvgIpc) is 2.05. The van der Waals surface area contributed by atoms with Crippen molar-refractivity contribution in [3.63, 3.8) is 0 Å². The number of nitrogen functional groups attached to an aromatic ring is 1. The average molecular weight is 275 g/mol. The van der Waals surface area contributed by atoms with E-state index >= 15 is 0 Å². The molecule has 96 valence electrons. The largest absolute Gasteiger partial charge is 0.573 e. The van der Waals surface area contributed by atoms with Gasteiger partial charge in [-0.3, -0.25) is 0 Å². The van der Waals surface area contributed by atoms with Gasteiger partial charge in [0.15, 0.2) is 5.75 Å². The SMILES string of the molecule is Nc1ccc(OS(=O)(=O)F)cc1OC(F)(F)F. The van der Waals surface area contributed by atoms with Crippen LogP contribution in [0, 0.1) is 0 Å². The molecule has 1 rings (SSSR count). The molecule has 1 aromatic carbocycles. The Morgan fingerprint density at radius 3 is 2.29 bits per heavy atom. The van der Waals surface area contributed by atoms with Crippen LogP contribution in [0.3, 0.4) is 0 Å². The molecule has 0 heterocycles. The molecule has 0 spiro atoms. The number of ether oxygens (including phenoxy) is 1. The molecule has 0 aromatic heterocycles. The fourth-order valence-electron chi connectivity index (χ4n) is 0.895. The first kappa shape index (κ1) is 13.4. The number of hydrogen-bond acceptors (Lipinski definition) is 5. The van der Waals surface area contributed by atoms with E-state index in [1.54, 1.807) is 0 Å². The molecule has 2 N–H and O–H groups in total. The van der Waals surface area contributed by atoms with Gasteiger partial charge in [0, 0.05) is 6.07 Å². The summed E-state index contributed by atoms with van der Waals surface area (Å²) in [6, 6.07) is 2.25. The Bertz CT molecular complexity index is 513. The van der Waals surface area contributed by atoms with Crippen molar-refractivity contribution >= 4 is 16.2 Å². The number of rotatable bonds is 3. The third-order valence-electron chi connectivity index (χ3n) is 1.41. The number of alkyl halides is 3. The normalized spacial score (nSPS) is 12.2. The third-order valence-corrected chi connectivity index (χ3v) is 1.80. The molecule has 1 aromatic rings. The molecule has 10 heteroatoms. The van der Waals surface area contributed by atoms with Crippen LogP contribution in [0.15, 0.2) is 18.2 Å². The summed E-state index contributed by atoms with van der Waals surface area (Å²) in [5, 5.41) is 0. The predicted molar refractivity (Wildman–Crippen MR) is 48.2 cm³/mol. The highest BCUT2D eigenvalue weighted by Gasteiger charge is 2.32. The van der Waals surface area contributed by atoms with Crippen LogP contribution < -0.4 is 14.7 Å². The van der Waals surface area contributed by atoms with E-state index in [2.05, 4.69) is 8.92 Å². The topological polar surface area (TPSA) is 78.6 Å². The van der Waals surface area contributed by atoms with Gasteiger partial charge < -0.3 is 14.7 Å². The van der Waals surface area contributed by atoms with Crippen LogP contribution in [-0.2, 0) is 10.5 Å². The van der Waals surface area contributed by atoms with Gasteiger partial charge >= 0.3 is 16.9 Å². The molecule has 0 aliphatic heterocycles. The highest BCUT2D eigenvalue weighted by atomic mass is 32.3. The molecule has 5 nitrogen and oxygen atoms in total. The molecule has 0 unspecified atom stereocenters. The van der Waals surface area contributed by atoms with Gasteiger partial charge in [0.2, 0.25) is 0 Å². The van der Waals surface area contributed by atoms with Gasteiger partial charge in [-0.05, 0) is 12.1 Å². The molecular formula is C7H5F4NO4S. The summed E-state index contributed by atoms with van der Waals surface area (Å²) in [6.45, 7) is 0. The highest BCUT2D eigenvalue weighted by molar-refractivity contribution is 7.81. The second kappa shape index (κ2) is 4.28. The van der Waals surface area contributed by atoms with Crippen molar-refractivity contribution in [2.45, 2.75) is 6.36 Å². The minimum absolute atomic E-state index is 0.411. The minimum atomic E-state index is -5.33. The van der Waals surface area contributed by atoms with Gasteiger partial charge in [0.1, 0.15) is 5.75 Å². The van der Waals surface area contributed by atoms with Crippen molar-refractivity contribution in [3.8, 4) is 11.5 Å². The molecule has 0 fully saturated rings.